The van der Waals surface area contributed by atoms with Crippen molar-refractivity contribution in [2.24, 2.45) is 0 Å². The van der Waals surface area contributed by atoms with Crippen LogP contribution in [-0.4, -0.2) is 22.7 Å². The number of rotatable bonds is 5. The third-order valence-electron chi connectivity index (χ3n) is 4.31. The van der Waals surface area contributed by atoms with Crippen molar-refractivity contribution in [2.75, 3.05) is 6.54 Å². The van der Waals surface area contributed by atoms with Crippen LogP contribution in [0.15, 0.2) is 4.52 Å². The van der Waals surface area contributed by atoms with E-state index in [-0.39, 0.29) is 0 Å². The number of hydrogen-bond donors (Lipinski definition) is 1. The predicted octanol–water partition coefficient (Wildman–Crippen LogP) is 3.61. The highest BCUT2D eigenvalue weighted by Gasteiger charge is 2.29. The maximum absolute atomic E-state index is 5.56. The summed E-state index contributed by atoms with van der Waals surface area (Å²) in [7, 11) is 0. The van der Waals surface area contributed by atoms with Crippen molar-refractivity contribution < 1.29 is 4.52 Å². The van der Waals surface area contributed by atoms with Crippen molar-refractivity contribution >= 4 is 0 Å². The lowest BCUT2D eigenvalue weighted by molar-refractivity contribution is 0.303. The quantitative estimate of drug-likeness (QED) is 0.826. The summed E-state index contributed by atoms with van der Waals surface area (Å²) in [6, 6.07) is 0.498. The van der Waals surface area contributed by atoms with Crippen molar-refractivity contribution in [3.8, 4) is 0 Å². The number of likely N-dealkylation sites (N-methyl/N-ethyl adjacent to an activating group) is 1. The van der Waals surface area contributed by atoms with Gasteiger partial charge in [-0.2, -0.15) is 4.98 Å². The normalized spacial score (nSPS) is 26.1. The molecule has 1 fully saturated rings. The molecule has 3 unspecified atom stereocenters. The van der Waals surface area contributed by atoms with E-state index in [0.717, 1.165) is 24.7 Å². The molecule has 1 N–H and O–H groups in total. The predicted molar refractivity (Wildman–Crippen MR) is 76.3 cm³/mol. The molecule has 0 radical (unpaired) electrons. The molecule has 1 heterocycles. The minimum absolute atomic E-state index is 0.390. The fourth-order valence-electron chi connectivity index (χ4n) is 2.89. The Bertz CT molecular complexity index is 377. The average molecular weight is 265 g/mol. The van der Waals surface area contributed by atoms with E-state index < -0.39 is 0 Å². The van der Waals surface area contributed by atoms with E-state index >= 15 is 0 Å². The molecular weight excluding hydrogens is 238 g/mol. The van der Waals surface area contributed by atoms with Crippen molar-refractivity contribution in [1.82, 2.24) is 15.5 Å². The summed E-state index contributed by atoms with van der Waals surface area (Å²) in [4.78, 5) is 4.66. The van der Waals surface area contributed by atoms with Gasteiger partial charge in [0.1, 0.15) is 0 Å². The smallest absolute Gasteiger partial charge is 0.231 e. The molecule has 1 aliphatic carbocycles. The molecule has 1 aliphatic rings. The van der Waals surface area contributed by atoms with Gasteiger partial charge in [-0.05, 0) is 25.8 Å². The second-order valence-electron chi connectivity index (χ2n) is 5.71. The summed E-state index contributed by atoms with van der Waals surface area (Å²) < 4.78 is 5.56. The monoisotopic (exact) mass is 265 g/mol. The fraction of sp³-hybridized carbons (Fsp3) is 0.867. The summed E-state index contributed by atoms with van der Waals surface area (Å²) in [6.07, 6.45) is 7.35. The summed E-state index contributed by atoms with van der Waals surface area (Å²) in [5.41, 5.74) is 0. The molecule has 1 aromatic heterocycles. The standard InChI is InChI=1S/C15H27N3O/c1-4-11(3)14-17-15(19-18-14)12-9-7-6-8-10-13(12)16-5-2/h11-13,16H,4-10H2,1-3H3. The molecule has 0 spiro atoms. The molecule has 19 heavy (non-hydrogen) atoms. The minimum Gasteiger partial charge on any atom is -0.339 e. The average Bonchev–Trinajstić information content (AvgIpc) is 2.80. The zero-order chi connectivity index (χ0) is 13.7. The van der Waals surface area contributed by atoms with Gasteiger partial charge >= 0.3 is 0 Å². The maximum atomic E-state index is 5.56. The molecule has 0 amide bonds. The molecule has 2 rings (SSSR count). The molecule has 0 saturated heterocycles. The third-order valence-corrected chi connectivity index (χ3v) is 4.31. The van der Waals surface area contributed by atoms with Crippen molar-refractivity contribution in [2.45, 2.75) is 77.2 Å². The Hall–Kier alpha value is -0.900. The molecule has 0 aromatic carbocycles. The fourth-order valence-corrected chi connectivity index (χ4v) is 2.89. The van der Waals surface area contributed by atoms with Gasteiger partial charge in [0.05, 0.1) is 5.92 Å². The Morgan fingerprint density at radius 2 is 2.05 bits per heavy atom. The zero-order valence-electron chi connectivity index (χ0n) is 12.5. The van der Waals surface area contributed by atoms with E-state index in [1.54, 1.807) is 0 Å². The Kier molecular flexibility index (Phi) is 5.37. The van der Waals surface area contributed by atoms with Crippen LogP contribution in [0.4, 0.5) is 0 Å². The lowest BCUT2D eigenvalue weighted by atomic mass is 9.94. The molecule has 4 heteroatoms. The van der Waals surface area contributed by atoms with Gasteiger partial charge in [0.25, 0.3) is 0 Å². The second kappa shape index (κ2) is 7.04. The third kappa shape index (κ3) is 3.56. The van der Waals surface area contributed by atoms with Crippen molar-refractivity contribution in [3.63, 3.8) is 0 Å². The highest BCUT2D eigenvalue weighted by molar-refractivity contribution is 5.02. The summed E-state index contributed by atoms with van der Waals surface area (Å²) in [6.45, 7) is 7.49. The molecule has 3 atom stereocenters. The molecule has 1 saturated carbocycles. The van der Waals surface area contributed by atoms with Gasteiger partial charge in [-0.15, -0.1) is 0 Å². The van der Waals surface area contributed by atoms with Crippen LogP contribution in [-0.2, 0) is 0 Å². The molecule has 0 bridgehead atoms. The van der Waals surface area contributed by atoms with Crippen LogP contribution < -0.4 is 5.32 Å². The zero-order valence-corrected chi connectivity index (χ0v) is 12.5. The number of hydrogen-bond acceptors (Lipinski definition) is 4. The number of nitrogens with zero attached hydrogens (tertiary/aromatic N) is 2. The van der Waals surface area contributed by atoms with Gasteiger partial charge in [0.2, 0.25) is 5.89 Å². The first-order valence-electron chi connectivity index (χ1n) is 7.83. The van der Waals surface area contributed by atoms with Crippen LogP contribution in [0.5, 0.6) is 0 Å². The van der Waals surface area contributed by atoms with Crippen LogP contribution in [0.2, 0.25) is 0 Å². The first-order chi connectivity index (χ1) is 9.26. The van der Waals surface area contributed by atoms with Gasteiger partial charge in [0.15, 0.2) is 5.82 Å². The van der Waals surface area contributed by atoms with E-state index in [2.05, 4.69) is 36.2 Å². The first kappa shape index (κ1) is 14.5. The van der Waals surface area contributed by atoms with Crippen molar-refractivity contribution in [1.29, 1.82) is 0 Å². The van der Waals surface area contributed by atoms with Crippen LogP contribution in [0.25, 0.3) is 0 Å². The SMILES string of the molecule is CCNC1CCCCCC1c1nc(C(C)CC)no1. The minimum atomic E-state index is 0.390. The molecule has 108 valence electrons. The Morgan fingerprint density at radius 1 is 1.26 bits per heavy atom. The Labute approximate surface area is 116 Å². The number of nitrogens with one attached hydrogen (secondary N) is 1. The van der Waals surface area contributed by atoms with Gasteiger partial charge in [0, 0.05) is 12.0 Å². The Balaban J connectivity index is 2.13. The van der Waals surface area contributed by atoms with E-state index in [1.165, 1.54) is 32.1 Å². The van der Waals surface area contributed by atoms with Gasteiger partial charge < -0.3 is 9.84 Å². The Morgan fingerprint density at radius 3 is 2.79 bits per heavy atom. The van der Waals surface area contributed by atoms with Gasteiger partial charge in [-0.25, -0.2) is 0 Å². The molecule has 0 aliphatic heterocycles. The van der Waals surface area contributed by atoms with E-state index in [4.69, 9.17) is 4.52 Å². The van der Waals surface area contributed by atoms with E-state index in [1.807, 2.05) is 0 Å². The van der Waals surface area contributed by atoms with Crippen LogP contribution >= 0.6 is 0 Å². The topological polar surface area (TPSA) is 51.0 Å². The molecule has 4 nitrogen and oxygen atoms in total. The highest BCUT2D eigenvalue weighted by Crippen LogP contribution is 2.32. The van der Waals surface area contributed by atoms with Gasteiger partial charge in [-0.1, -0.05) is 45.2 Å². The van der Waals surface area contributed by atoms with Crippen LogP contribution in [0.1, 0.15) is 82.8 Å². The largest absolute Gasteiger partial charge is 0.339 e. The summed E-state index contributed by atoms with van der Waals surface area (Å²) in [5.74, 6) is 2.51. The van der Waals surface area contributed by atoms with Crippen molar-refractivity contribution in [3.05, 3.63) is 11.7 Å². The van der Waals surface area contributed by atoms with Crippen LogP contribution in [0, 0.1) is 0 Å². The molecular formula is C15H27N3O. The molecule has 1 aromatic rings. The maximum Gasteiger partial charge on any atom is 0.231 e. The lowest BCUT2D eigenvalue weighted by Crippen LogP contribution is -2.34. The van der Waals surface area contributed by atoms with Gasteiger partial charge in [-0.3, -0.25) is 0 Å². The first-order valence-corrected chi connectivity index (χ1v) is 7.83. The van der Waals surface area contributed by atoms with E-state index in [9.17, 15) is 0 Å². The van der Waals surface area contributed by atoms with Crippen LogP contribution in [0.3, 0.4) is 0 Å². The lowest BCUT2D eigenvalue weighted by Gasteiger charge is -2.22. The summed E-state index contributed by atoms with van der Waals surface area (Å²) in [5, 5.41) is 7.77. The van der Waals surface area contributed by atoms with E-state index in [0.29, 0.717) is 17.9 Å². The second-order valence-corrected chi connectivity index (χ2v) is 5.71. The highest BCUT2D eigenvalue weighted by atomic mass is 16.5. The number of aromatic nitrogens is 2. The summed E-state index contributed by atoms with van der Waals surface area (Å²) >= 11 is 0.